The lowest BCUT2D eigenvalue weighted by Crippen LogP contribution is -2.14. The summed E-state index contributed by atoms with van der Waals surface area (Å²) in [6, 6.07) is 4.30. The fourth-order valence-electron chi connectivity index (χ4n) is 1.37. The number of hydrogen-bond donors (Lipinski definition) is 3. The molecule has 1 rings (SSSR count). The van der Waals surface area contributed by atoms with Crippen molar-refractivity contribution in [1.82, 2.24) is 0 Å². The number of carboxylic acid groups (broad SMARTS) is 2. The van der Waals surface area contributed by atoms with Gasteiger partial charge in [-0.05, 0) is 30.7 Å². The molecule has 1 aromatic carbocycles. The molecule has 1 amide bonds. The van der Waals surface area contributed by atoms with Crippen LogP contribution in [0.5, 0.6) is 0 Å². The zero-order valence-corrected chi connectivity index (χ0v) is 9.77. The van der Waals surface area contributed by atoms with E-state index in [2.05, 4.69) is 5.32 Å². The minimum Gasteiger partial charge on any atom is -0.481 e. The van der Waals surface area contributed by atoms with Crippen LogP contribution in [-0.4, -0.2) is 28.1 Å². The molecule has 0 unspecified atom stereocenters. The number of amides is 1. The number of aryl methyl sites for hydroxylation is 1. The van der Waals surface area contributed by atoms with Crippen molar-refractivity contribution in [3.05, 3.63) is 29.3 Å². The average Bonchev–Trinajstić information content (AvgIpc) is 2.29. The Morgan fingerprint density at radius 1 is 1.17 bits per heavy atom. The number of aromatic carboxylic acids is 1. The Hall–Kier alpha value is -2.37. The molecule has 6 heteroatoms. The Kier molecular flexibility index (Phi) is 4.42. The highest BCUT2D eigenvalue weighted by atomic mass is 16.4. The topological polar surface area (TPSA) is 104 Å². The zero-order chi connectivity index (χ0) is 13.7. The second-order valence-electron chi connectivity index (χ2n) is 3.78. The first-order valence-corrected chi connectivity index (χ1v) is 5.25. The minimum atomic E-state index is -1.04. The quantitative estimate of drug-likeness (QED) is 0.735. The van der Waals surface area contributed by atoms with Gasteiger partial charge in [0, 0.05) is 12.1 Å². The van der Waals surface area contributed by atoms with Crippen LogP contribution in [0.25, 0.3) is 0 Å². The van der Waals surface area contributed by atoms with Gasteiger partial charge >= 0.3 is 11.9 Å². The monoisotopic (exact) mass is 251 g/mol. The van der Waals surface area contributed by atoms with Crippen LogP contribution in [0, 0.1) is 6.92 Å². The molecule has 18 heavy (non-hydrogen) atoms. The number of anilines is 1. The lowest BCUT2D eigenvalue weighted by molar-refractivity contribution is -0.138. The maximum Gasteiger partial charge on any atom is 0.335 e. The summed E-state index contributed by atoms with van der Waals surface area (Å²) >= 11 is 0. The van der Waals surface area contributed by atoms with Gasteiger partial charge in [-0.25, -0.2) is 4.79 Å². The molecule has 0 aromatic heterocycles. The van der Waals surface area contributed by atoms with Gasteiger partial charge in [0.25, 0.3) is 0 Å². The van der Waals surface area contributed by atoms with Gasteiger partial charge in [-0.2, -0.15) is 0 Å². The fourth-order valence-corrected chi connectivity index (χ4v) is 1.37. The second kappa shape index (κ2) is 5.81. The third-order valence-corrected chi connectivity index (χ3v) is 2.31. The molecule has 0 spiro atoms. The van der Waals surface area contributed by atoms with Crippen LogP contribution in [0.15, 0.2) is 18.2 Å². The summed E-state index contributed by atoms with van der Waals surface area (Å²) in [4.78, 5) is 32.4. The zero-order valence-electron chi connectivity index (χ0n) is 9.77. The average molecular weight is 251 g/mol. The van der Waals surface area contributed by atoms with Crippen molar-refractivity contribution >= 4 is 23.5 Å². The first-order valence-electron chi connectivity index (χ1n) is 5.25. The molecular weight excluding hydrogens is 238 g/mol. The predicted octanol–water partition coefficient (Wildman–Crippen LogP) is 1.50. The van der Waals surface area contributed by atoms with E-state index in [0.717, 1.165) is 0 Å². The summed E-state index contributed by atoms with van der Waals surface area (Å²) in [5, 5.41) is 19.7. The molecule has 0 bridgehead atoms. The van der Waals surface area contributed by atoms with E-state index in [1.165, 1.54) is 18.2 Å². The molecule has 0 aliphatic carbocycles. The lowest BCUT2D eigenvalue weighted by atomic mass is 10.1. The van der Waals surface area contributed by atoms with Crippen LogP contribution >= 0.6 is 0 Å². The first kappa shape index (κ1) is 13.7. The van der Waals surface area contributed by atoms with Gasteiger partial charge in [-0.1, -0.05) is 0 Å². The van der Waals surface area contributed by atoms with Crippen molar-refractivity contribution in [1.29, 1.82) is 0 Å². The summed E-state index contributed by atoms with van der Waals surface area (Å²) < 4.78 is 0. The Balaban J connectivity index is 2.70. The number of carbonyl (C=O) groups is 3. The standard InChI is InChI=1S/C12H13NO5/c1-7-6-8(12(17)18)2-3-9(7)13-10(14)4-5-11(15)16/h2-3,6H,4-5H2,1H3,(H,13,14)(H,15,16)(H,17,18). The van der Waals surface area contributed by atoms with E-state index < -0.39 is 17.8 Å². The van der Waals surface area contributed by atoms with Gasteiger partial charge in [0.2, 0.25) is 5.91 Å². The summed E-state index contributed by atoms with van der Waals surface area (Å²) in [5.74, 6) is -2.49. The summed E-state index contributed by atoms with van der Waals surface area (Å²) in [6.07, 6.45) is -0.354. The van der Waals surface area contributed by atoms with Crippen molar-refractivity contribution in [3.8, 4) is 0 Å². The number of carbonyl (C=O) groups excluding carboxylic acids is 1. The molecule has 0 aliphatic heterocycles. The van der Waals surface area contributed by atoms with Gasteiger partial charge in [0.05, 0.1) is 12.0 Å². The number of nitrogens with one attached hydrogen (secondary N) is 1. The predicted molar refractivity (Wildman–Crippen MR) is 63.6 cm³/mol. The molecule has 1 aromatic rings. The van der Waals surface area contributed by atoms with Crippen molar-refractivity contribution in [2.75, 3.05) is 5.32 Å². The number of carboxylic acids is 2. The Morgan fingerprint density at radius 3 is 2.33 bits per heavy atom. The van der Waals surface area contributed by atoms with Crippen LogP contribution in [0.4, 0.5) is 5.69 Å². The van der Waals surface area contributed by atoms with E-state index in [9.17, 15) is 14.4 Å². The third kappa shape index (κ3) is 3.89. The lowest BCUT2D eigenvalue weighted by Gasteiger charge is -2.08. The molecule has 6 nitrogen and oxygen atoms in total. The number of benzene rings is 1. The Morgan fingerprint density at radius 2 is 1.83 bits per heavy atom. The van der Waals surface area contributed by atoms with Crippen LogP contribution in [0.3, 0.4) is 0 Å². The van der Waals surface area contributed by atoms with Crippen molar-refractivity contribution in [2.24, 2.45) is 0 Å². The highest BCUT2D eigenvalue weighted by Gasteiger charge is 2.09. The summed E-state index contributed by atoms with van der Waals surface area (Å²) in [7, 11) is 0. The molecule has 0 radical (unpaired) electrons. The normalized spacial score (nSPS) is 9.83. The fraction of sp³-hybridized carbons (Fsp3) is 0.250. The molecule has 3 N–H and O–H groups in total. The molecule has 0 fully saturated rings. The molecule has 0 heterocycles. The van der Waals surface area contributed by atoms with Crippen molar-refractivity contribution < 1.29 is 24.6 Å². The van der Waals surface area contributed by atoms with Crippen molar-refractivity contribution in [3.63, 3.8) is 0 Å². The van der Waals surface area contributed by atoms with Crippen molar-refractivity contribution in [2.45, 2.75) is 19.8 Å². The highest BCUT2D eigenvalue weighted by molar-refractivity contribution is 5.94. The number of hydrogen-bond acceptors (Lipinski definition) is 3. The molecular formula is C12H13NO5. The summed E-state index contributed by atoms with van der Waals surface area (Å²) in [6.45, 7) is 1.67. The van der Waals surface area contributed by atoms with Crippen LogP contribution in [-0.2, 0) is 9.59 Å². The number of aliphatic carboxylic acids is 1. The van der Waals surface area contributed by atoms with Crippen LogP contribution in [0.2, 0.25) is 0 Å². The minimum absolute atomic E-state index is 0.116. The van der Waals surface area contributed by atoms with E-state index in [1.54, 1.807) is 6.92 Å². The molecule has 96 valence electrons. The van der Waals surface area contributed by atoms with Gasteiger partial charge in [-0.3, -0.25) is 9.59 Å². The molecule has 0 aliphatic rings. The van der Waals surface area contributed by atoms with Gasteiger partial charge in [0.1, 0.15) is 0 Å². The summed E-state index contributed by atoms with van der Waals surface area (Å²) in [5.41, 5.74) is 1.23. The van der Waals surface area contributed by atoms with E-state index in [0.29, 0.717) is 11.3 Å². The smallest absolute Gasteiger partial charge is 0.335 e. The van der Waals surface area contributed by atoms with Gasteiger partial charge < -0.3 is 15.5 Å². The molecule has 0 atom stereocenters. The maximum atomic E-state index is 11.4. The number of rotatable bonds is 5. The molecule has 0 saturated carbocycles. The van der Waals surface area contributed by atoms with Gasteiger partial charge in [0.15, 0.2) is 0 Å². The van der Waals surface area contributed by atoms with Crippen LogP contribution in [0.1, 0.15) is 28.8 Å². The third-order valence-electron chi connectivity index (χ3n) is 2.31. The SMILES string of the molecule is Cc1cc(C(=O)O)ccc1NC(=O)CCC(=O)O. The van der Waals surface area contributed by atoms with Gasteiger partial charge in [-0.15, -0.1) is 0 Å². The van der Waals surface area contributed by atoms with E-state index in [4.69, 9.17) is 10.2 Å². The first-order chi connectivity index (χ1) is 8.40. The Labute approximate surface area is 103 Å². The second-order valence-corrected chi connectivity index (χ2v) is 3.78. The highest BCUT2D eigenvalue weighted by Crippen LogP contribution is 2.17. The van der Waals surface area contributed by atoms with E-state index >= 15 is 0 Å². The maximum absolute atomic E-state index is 11.4. The molecule has 0 saturated heterocycles. The van der Waals surface area contributed by atoms with E-state index in [1.807, 2.05) is 0 Å². The largest absolute Gasteiger partial charge is 0.481 e. The van der Waals surface area contributed by atoms with Crippen LogP contribution < -0.4 is 5.32 Å². The van der Waals surface area contributed by atoms with E-state index in [-0.39, 0.29) is 18.4 Å². The Bertz CT molecular complexity index is 495.